The van der Waals surface area contributed by atoms with Crippen LogP contribution in [-0.4, -0.2) is 16.5 Å². The van der Waals surface area contributed by atoms with Crippen LogP contribution in [0.25, 0.3) is 5.65 Å². The van der Waals surface area contributed by atoms with E-state index in [9.17, 15) is 4.79 Å². The van der Waals surface area contributed by atoms with Gasteiger partial charge in [-0.2, -0.15) is 0 Å². The molecule has 0 aliphatic heterocycles. The van der Waals surface area contributed by atoms with Gasteiger partial charge in [0.25, 0.3) is 5.56 Å². The Kier molecular flexibility index (Phi) is 2.39. The zero-order chi connectivity index (χ0) is 10.8. The van der Waals surface area contributed by atoms with Gasteiger partial charge in [0.05, 0.1) is 12.8 Å². The van der Waals surface area contributed by atoms with Gasteiger partial charge in [-0.05, 0) is 12.1 Å². The average molecular weight is 205 g/mol. The van der Waals surface area contributed by atoms with E-state index in [-0.39, 0.29) is 12.1 Å². The molecule has 2 heterocycles. The molecule has 2 aromatic heterocycles. The molecule has 5 nitrogen and oxygen atoms in total. The molecule has 0 aromatic carbocycles. The molecule has 0 saturated heterocycles. The van der Waals surface area contributed by atoms with Gasteiger partial charge >= 0.3 is 0 Å². The third-order valence-corrected chi connectivity index (χ3v) is 2.12. The molecule has 0 saturated carbocycles. The van der Waals surface area contributed by atoms with Crippen molar-refractivity contribution < 1.29 is 4.74 Å². The molecule has 2 N–H and O–H groups in total. The van der Waals surface area contributed by atoms with Crippen molar-refractivity contribution in [1.82, 2.24) is 9.38 Å². The van der Waals surface area contributed by atoms with Gasteiger partial charge in [0, 0.05) is 12.6 Å². The first-order valence-electron chi connectivity index (χ1n) is 4.52. The minimum absolute atomic E-state index is 0.182. The number of rotatable bonds is 2. The van der Waals surface area contributed by atoms with Gasteiger partial charge in [-0.25, -0.2) is 9.38 Å². The topological polar surface area (TPSA) is 69.6 Å². The van der Waals surface area contributed by atoms with Crippen LogP contribution in [0, 0.1) is 0 Å². The Labute approximate surface area is 86.1 Å². The van der Waals surface area contributed by atoms with Crippen LogP contribution in [0.1, 0.15) is 5.69 Å². The number of aromatic nitrogens is 2. The third kappa shape index (κ3) is 1.57. The molecule has 15 heavy (non-hydrogen) atoms. The summed E-state index contributed by atoms with van der Waals surface area (Å²) in [5, 5.41) is 0. The summed E-state index contributed by atoms with van der Waals surface area (Å²) in [4.78, 5) is 15.9. The first kappa shape index (κ1) is 9.67. The molecular weight excluding hydrogens is 194 g/mol. The number of hydrogen-bond donors (Lipinski definition) is 1. The molecule has 0 unspecified atom stereocenters. The zero-order valence-corrected chi connectivity index (χ0v) is 8.30. The van der Waals surface area contributed by atoms with Crippen molar-refractivity contribution in [3.63, 3.8) is 0 Å². The predicted molar refractivity (Wildman–Crippen MR) is 55.9 cm³/mol. The maximum atomic E-state index is 11.7. The van der Waals surface area contributed by atoms with Crippen LogP contribution in [0.2, 0.25) is 0 Å². The van der Waals surface area contributed by atoms with E-state index in [4.69, 9.17) is 10.5 Å². The SMILES string of the molecule is COc1cccc2nc(CN)cc(=O)n12. The molecule has 0 fully saturated rings. The van der Waals surface area contributed by atoms with E-state index in [2.05, 4.69) is 4.98 Å². The van der Waals surface area contributed by atoms with Crippen LogP contribution >= 0.6 is 0 Å². The highest BCUT2D eigenvalue weighted by Crippen LogP contribution is 2.10. The standard InChI is InChI=1S/C10H11N3O2/c1-15-10-4-2-3-8-12-7(6-11)5-9(14)13(8)10/h2-5H,6,11H2,1H3. The molecule has 0 bridgehead atoms. The van der Waals surface area contributed by atoms with Crippen molar-refractivity contribution in [2.45, 2.75) is 6.54 Å². The molecule has 5 heteroatoms. The fourth-order valence-electron chi connectivity index (χ4n) is 1.44. The molecule has 0 amide bonds. The summed E-state index contributed by atoms with van der Waals surface area (Å²) in [6.45, 7) is 0.253. The Hall–Kier alpha value is -1.88. The lowest BCUT2D eigenvalue weighted by Gasteiger charge is -2.06. The molecule has 78 valence electrons. The number of nitrogens with two attached hydrogens (primary N) is 1. The van der Waals surface area contributed by atoms with Gasteiger partial charge in [0.2, 0.25) is 5.88 Å². The fraction of sp³-hybridized carbons (Fsp3) is 0.200. The van der Waals surface area contributed by atoms with Crippen molar-refractivity contribution >= 4 is 5.65 Å². The Morgan fingerprint density at radius 1 is 1.53 bits per heavy atom. The second-order valence-corrected chi connectivity index (χ2v) is 3.05. The number of fused-ring (bicyclic) bond motifs is 1. The maximum Gasteiger partial charge on any atom is 0.260 e. The molecule has 2 rings (SSSR count). The van der Waals surface area contributed by atoms with Crippen LogP contribution in [-0.2, 0) is 6.54 Å². The van der Waals surface area contributed by atoms with Gasteiger partial charge in [0.1, 0.15) is 5.65 Å². The molecule has 0 atom stereocenters. The van der Waals surface area contributed by atoms with Gasteiger partial charge in [0.15, 0.2) is 0 Å². The number of ether oxygens (including phenoxy) is 1. The quantitative estimate of drug-likeness (QED) is 0.758. The molecule has 0 spiro atoms. The monoisotopic (exact) mass is 205 g/mol. The first-order chi connectivity index (χ1) is 7.26. The summed E-state index contributed by atoms with van der Waals surface area (Å²) in [5.74, 6) is 0.466. The minimum Gasteiger partial charge on any atom is -0.482 e. The van der Waals surface area contributed by atoms with Gasteiger partial charge in [-0.1, -0.05) is 6.07 Å². The number of pyridine rings is 1. The highest BCUT2D eigenvalue weighted by molar-refractivity contribution is 5.42. The van der Waals surface area contributed by atoms with Crippen molar-refractivity contribution in [2.75, 3.05) is 7.11 Å². The van der Waals surface area contributed by atoms with Crippen molar-refractivity contribution in [2.24, 2.45) is 5.73 Å². The number of methoxy groups -OCH3 is 1. The Morgan fingerprint density at radius 2 is 2.33 bits per heavy atom. The van der Waals surface area contributed by atoms with E-state index in [1.807, 2.05) is 0 Å². The van der Waals surface area contributed by atoms with E-state index >= 15 is 0 Å². The van der Waals surface area contributed by atoms with Crippen molar-refractivity contribution in [3.8, 4) is 5.88 Å². The highest BCUT2D eigenvalue weighted by atomic mass is 16.5. The van der Waals surface area contributed by atoms with Gasteiger partial charge in [-0.15, -0.1) is 0 Å². The Bertz CT molecular complexity index is 548. The Morgan fingerprint density at radius 3 is 3.00 bits per heavy atom. The normalized spacial score (nSPS) is 10.5. The maximum absolute atomic E-state index is 11.7. The second kappa shape index (κ2) is 3.70. The lowest BCUT2D eigenvalue weighted by molar-refractivity contribution is 0.390. The average Bonchev–Trinajstić information content (AvgIpc) is 2.27. The minimum atomic E-state index is -0.182. The molecule has 2 aromatic rings. The molecular formula is C10H11N3O2. The van der Waals surface area contributed by atoms with E-state index < -0.39 is 0 Å². The third-order valence-electron chi connectivity index (χ3n) is 2.12. The van der Waals surface area contributed by atoms with Crippen LogP contribution in [0.3, 0.4) is 0 Å². The smallest absolute Gasteiger partial charge is 0.260 e. The van der Waals surface area contributed by atoms with E-state index in [1.54, 1.807) is 18.2 Å². The largest absolute Gasteiger partial charge is 0.482 e. The fourth-order valence-corrected chi connectivity index (χ4v) is 1.44. The van der Waals surface area contributed by atoms with Crippen molar-refractivity contribution in [3.05, 3.63) is 40.3 Å². The van der Waals surface area contributed by atoms with Crippen LogP contribution in [0.4, 0.5) is 0 Å². The van der Waals surface area contributed by atoms with Crippen LogP contribution in [0.15, 0.2) is 29.1 Å². The lowest BCUT2D eigenvalue weighted by atomic mass is 10.3. The number of hydrogen-bond acceptors (Lipinski definition) is 4. The summed E-state index contributed by atoms with van der Waals surface area (Å²) < 4.78 is 6.48. The van der Waals surface area contributed by atoms with Gasteiger partial charge in [-0.3, -0.25) is 4.79 Å². The lowest BCUT2D eigenvalue weighted by Crippen LogP contribution is -2.18. The zero-order valence-electron chi connectivity index (χ0n) is 8.30. The Balaban J connectivity index is 2.85. The summed E-state index contributed by atoms with van der Waals surface area (Å²) in [6, 6.07) is 6.64. The summed E-state index contributed by atoms with van der Waals surface area (Å²) in [7, 11) is 1.51. The van der Waals surface area contributed by atoms with Crippen LogP contribution < -0.4 is 16.0 Å². The van der Waals surface area contributed by atoms with Crippen molar-refractivity contribution in [1.29, 1.82) is 0 Å². The van der Waals surface area contributed by atoms with E-state index in [1.165, 1.54) is 17.6 Å². The number of nitrogens with zero attached hydrogens (tertiary/aromatic N) is 2. The van der Waals surface area contributed by atoms with Crippen LogP contribution in [0.5, 0.6) is 5.88 Å². The molecule has 0 radical (unpaired) electrons. The molecule has 0 aliphatic rings. The summed E-state index contributed by atoms with van der Waals surface area (Å²) in [5.41, 5.74) is 6.38. The molecule has 0 aliphatic carbocycles. The predicted octanol–water partition coefficient (Wildman–Crippen LogP) is 0.162. The van der Waals surface area contributed by atoms with E-state index in [0.717, 1.165) is 0 Å². The van der Waals surface area contributed by atoms with E-state index in [0.29, 0.717) is 17.2 Å². The second-order valence-electron chi connectivity index (χ2n) is 3.05. The van der Waals surface area contributed by atoms with Gasteiger partial charge < -0.3 is 10.5 Å². The highest BCUT2D eigenvalue weighted by Gasteiger charge is 2.04. The summed E-state index contributed by atoms with van der Waals surface area (Å²) >= 11 is 0. The first-order valence-corrected chi connectivity index (χ1v) is 4.52. The summed E-state index contributed by atoms with van der Waals surface area (Å²) in [6.07, 6.45) is 0.